The highest BCUT2D eigenvalue weighted by molar-refractivity contribution is 7.22. The molecule has 0 spiro atoms. The molecule has 1 N–H and O–H groups in total. The van der Waals surface area contributed by atoms with Gasteiger partial charge in [-0.1, -0.05) is 46.7 Å². The predicted molar refractivity (Wildman–Crippen MR) is 96.9 cm³/mol. The van der Waals surface area contributed by atoms with Crippen LogP contribution in [0.2, 0.25) is 10.0 Å². The number of fused-ring (bicyclic) bond motifs is 1. The SMILES string of the molecule is O=C(COc1ccccc1[N+](=O)[O-])Nc1nc2c(Cl)c(Cl)ccc2s1. The van der Waals surface area contributed by atoms with E-state index in [2.05, 4.69) is 10.3 Å². The number of nitrogens with one attached hydrogen (secondary N) is 1. The zero-order valence-corrected chi connectivity index (χ0v) is 14.7. The van der Waals surface area contributed by atoms with E-state index in [1.165, 1.54) is 29.5 Å². The highest BCUT2D eigenvalue weighted by Crippen LogP contribution is 2.35. The van der Waals surface area contributed by atoms with Gasteiger partial charge in [-0.2, -0.15) is 0 Å². The lowest BCUT2D eigenvalue weighted by Gasteiger charge is -2.06. The molecule has 1 aromatic heterocycles. The molecule has 128 valence electrons. The van der Waals surface area contributed by atoms with E-state index >= 15 is 0 Å². The van der Waals surface area contributed by atoms with Crippen molar-refractivity contribution in [2.75, 3.05) is 11.9 Å². The van der Waals surface area contributed by atoms with Gasteiger partial charge in [-0.05, 0) is 18.2 Å². The number of nitrogens with zero attached hydrogens (tertiary/aromatic N) is 2. The van der Waals surface area contributed by atoms with Crippen molar-refractivity contribution in [1.82, 2.24) is 4.98 Å². The molecule has 0 bridgehead atoms. The van der Waals surface area contributed by atoms with Crippen molar-refractivity contribution < 1.29 is 14.5 Å². The molecule has 0 saturated carbocycles. The molecule has 0 aliphatic rings. The average Bonchev–Trinajstić information content (AvgIpc) is 3.00. The van der Waals surface area contributed by atoms with Crippen LogP contribution < -0.4 is 10.1 Å². The number of benzene rings is 2. The lowest BCUT2D eigenvalue weighted by atomic mass is 10.3. The van der Waals surface area contributed by atoms with Gasteiger partial charge in [-0.15, -0.1) is 0 Å². The minimum absolute atomic E-state index is 0.0155. The van der Waals surface area contributed by atoms with Crippen LogP contribution in [0, 0.1) is 10.1 Å². The summed E-state index contributed by atoms with van der Waals surface area (Å²) in [5.74, 6) is -0.485. The molecule has 2 aromatic carbocycles. The van der Waals surface area contributed by atoms with Crippen molar-refractivity contribution in [3.63, 3.8) is 0 Å². The first-order valence-electron chi connectivity index (χ1n) is 6.86. The monoisotopic (exact) mass is 397 g/mol. The highest BCUT2D eigenvalue weighted by atomic mass is 35.5. The number of anilines is 1. The maximum atomic E-state index is 12.0. The molecule has 7 nitrogen and oxygen atoms in total. The molecule has 0 saturated heterocycles. The molecule has 10 heteroatoms. The Labute approximate surface area is 155 Å². The topological polar surface area (TPSA) is 94.4 Å². The second-order valence-corrected chi connectivity index (χ2v) is 6.60. The average molecular weight is 398 g/mol. The fourth-order valence-corrected chi connectivity index (χ4v) is 3.33. The van der Waals surface area contributed by atoms with Gasteiger partial charge in [0.15, 0.2) is 17.5 Å². The van der Waals surface area contributed by atoms with Crippen LogP contribution in [0.1, 0.15) is 0 Å². The van der Waals surface area contributed by atoms with E-state index in [0.29, 0.717) is 20.7 Å². The van der Waals surface area contributed by atoms with Gasteiger partial charge in [0.25, 0.3) is 5.91 Å². The highest BCUT2D eigenvalue weighted by Gasteiger charge is 2.16. The summed E-state index contributed by atoms with van der Waals surface area (Å²) in [4.78, 5) is 26.6. The second kappa shape index (κ2) is 7.22. The van der Waals surface area contributed by atoms with Gasteiger partial charge in [0.1, 0.15) is 5.52 Å². The van der Waals surface area contributed by atoms with Crippen LogP contribution in [0.4, 0.5) is 10.8 Å². The Hall–Kier alpha value is -2.42. The molecular formula is C15H9Cl2N3O4S. The van der Waals surface area contributed by atoms with Crippen LogP contribution in [0.25, 0.3) is 10.2 Å². The lowest BCUT2D eigenvalue weighted by molar-refractivity contribution is -0.385. The van der Waals surface area contributed by atoms with E-state index in [0.717, 1.165) is 4.70 Å². The van der Waals surface area contributed by atoms with Gasteiger partial charge in [-0.3, -0.25) is 20.2 Å². The molecule has 0 atom stereocenters. The fraction of sp³-hybridized carbons (Fsp3) is 0.0667. The van der Waals surface area contributed by atoms with Crippen LogP contribution in [-0.4, -0.2) is 22.4 Å². The Bertz CT molecular complexity index is 977. The Balaban J connectivity index is 1.69. The Morgan fingerprint density at radius 1 is 1.28 bits per heavy atom. The van der Waals surface area contributed by atoms with E-state index in [4.69, 9.17) is 27.9 Å². The van der Waals surface area contributed by atoms with Gasteiger partial charge in [0.05, 0.1) is 19.7 Å². The molecular weight excluding hydrogens is 389 g/mol. The van der Waals surface area contributed by atoms with E-state index < -0.39 is 17.4 Å². The van der Waals surface area contributed by atoms with E-state index in [9.17, 15) is 14.9 Å². The van der Waals surface area contributed by atoms with Gasteiger partial charge < -0.3 is 4.74 Å². The smallest absolute Gasteiger partial charge is 0.310 e. The maximum absolute atomic E-state index is 12.0. The largest absolute Gasteiger partial charge is 0.477 e. The minimum Gasteiger partial charge on any atom is -0.477 e. The molecule has 1 heterocycles. The number of rotatable bonds is 5. The van der Waals surface area contributed by atoms with Crippen molar-refractivity contribution in [2.24, 2.45) is 0 Å². The molecule has 3 rings (SSSR count). The number of hydrogen-bond acceptors (Lipinski definition) is 6. The van der Waals surface area contributed by atoms with E-state index in [-0.39, 0.29) is 11.4 Å². The lowest BCUT2D eigenvalue weighted by Crippen LogP contribution is -2.20. The molecule has 1 amide bonds. The summed E-state index contributed by atoms with van der Waals surface area (Å²) in [7, 11) is 0. The summed E-state index contributed by atoms with van der Waals surface area (Å²) in [6.45, 7) is -0.394. The molecule has 0 aliphatic heterocycles. The number of thiazole rings is 1. The van der Waals surface area contributed by atoms with Crippen molar-refractivity contribution >= 4 is 61.5 Å². The first-order chi connectivity index (χ1) is 12.0. The first-order valence-corrected chi connectivity index (χ1v) is 8.43. The number of halogens is 2. The second-order valence-electron chi connectivity index (χ2n) is 4.79. The number of carbonyl (C=O) groups is 1. The predicted octanol–water partition coefficient (Wildman–Crippen LogP) is 4.53. The molecule has 0 unspecified atom stereocenters. The molecule has 0 radical (unpaired) electrons. The molecule has 3 aromatic rings. The molecule has 0 fully saturated rings. The van der Waals surface area contributed by atoms with Crippen LogP contribution in [0.5, 0.6) is 5.75 Å². The van der Waals surface area contributed by atoms with Gasteiger partial charge in [-0.25, -0.2) is 4.98 Å². The van der Waals surface area contributed by atoms with E-state index in [1.54, 1.807) is 18.2 Å². The third-order valence-electron chi connectivity index (χ3n) is 3.12. The summed E-state index contributed by atoms with van der Waals surface area (Å²) >= 11 is 13.2. The normalized spacial score (nSPS) is 10.6. The number of aromatic nitrogens is 1. The number of nitro benzene ring substituents is 1. The summed E-state index contributed by atoms with van der Waals surface area (Å²) in [5, 5.41) is 14.5. The summed E-state index contributed by atoms with van der Waals surface area (Å²) < 4.78 is 5.99. The first kappa shape index (κ1) is 17.4. The zero-order chi connectivity index (χ0) is 18.0. The van der Waals surface area contributed by atoms with Gasteiger partial charge >= 0.3 is 5.69 Å². The number of amides is 1. The van der Waals surface area contributed by atoms with Crippen LogP contribution in [0.3, 0.4) is 0 Å². The van der Waals surface area contributed by atoms with Crippen molar-refractivity contribution in [3.8, 4) is 5.75 Å². The standard InChI is InChI=1S/C15H9Cl2N3O4S/c16-8-5-6-11-14(13(8)17)19-15(25-11)18-12(21)7-24-10-4-2-1-3-9(10)20(22)23/h1-6H,7H2,(H,18,19,21). The summed E-state index contributed by atoms with van der Waals surface area (Å²) in [6.07, 6.45) is 0. The van der Waals surface area contributed by atoms with Crippen molar-refractivity contribution in [2.45, 2.75) is 0 Å². The molecule has 0 aliphatic carbocycles. The number of hydrogen-bond donors (Lipinski definition) is 1. The summed E-state index contributed by atoms with van der Waals surface area (Å²) in [5.41, 5.74) is 0.283. The number of carbonyl (C=O) groups excluding carboxylic acids is 1. The number of ether oxygens (including phenoxy) is 1. The van der Waals surface area contributed by atoms with E-state index in [1.807, 2.05) is 0 Å². The van der Waals surface area contributed by atoms with Gasteiger partial charge in [0, 0.05) is 6.07 Å². The fourth-order valence-electron chi connectivity index (χ4n) is 2.02. The van der Waals surface area contributed by atoms with Crippen LogP contribution in [-0.2, 0) is 4.79 Å². The van der Waals surface area contributed by atoms with Gasteiger partial charge in [0.2, 0.25) is 0 Å². The Morgan fingerprint density at radius 3 is 2.80 bits per heavy atom. The Morgan fingerprint density at radius 2 is 2.04 bits per heavy atom. The zero-order valence-electron chi connectivity index (χ0n) is 12.4. The molecule has 25 heavy (non-hydrogen) atoms. The van der Waals surface area contributed by atoms with Crippen molar-refractivity contribution in [3.05, 3.63) is 56.6 Å². The Kier molecular flexibility index (Phi) is 5.03. The van der Waals surface area contributed by atoms with Crippen LogP contribution in [0.15, 0.2) is 36.4 Å². The third kappa shape index (κ3) is 3.81. The van der Waals surface area contributed by atoms with Crippen molar-refractivity contribution in [1.29, 1.82) is 0 Å². The van der Waals surface area contributed by atoms with Crippen LogP contribution >= 0.6 is 34.5 Å². The summed E-state index contributed by atoms with van der Waals surface area (Å²) in [6, 6.07) is 9.21. The quantitative estimate of drug-likeness (QED) is 0.503. The number of para-hydroxylation sites is 2. The maximum Gasteiger partial charge on any atom is 0.310 e. The third-order valence-corrected chi connectivity index (χ3v) is 4.85. The number of nitro groups is 1. The minimum atomic E-state index is -0.577.